The van der Waals surface area contributed by atoms with E-state index in [0.29, 0.717) is 24.4 Å². The highest BCUT2D eigenvalue weighted by Crippen LogP contribution is 2.01. The molecule has 0 unspecified atom stereocenters. The van der Waals surface area contributed by atoms with Gasteiger partial charge in [0.1, 0.15) is 11.5 Å². The second-order valence-electron chi connectivity index (χ2n) is 3.45. The van der Waals surface area contributed by atoms with Crippen molar-refractivity contribution in [3.05, 3.63) is 17.5 Å². The van der Waals surface area contributed by atoms with Gasteiger partial charge in [-0.25, -0.2) is 0 Å². The van der Waals surface area contributed by atoms with Gasteiger partial charge in [-0.15, -0.1) is 0 Å². The Morgan fingerprint density at radius 3 is 2.81 bits per heavy atom. The molecular weight excluding hydrogens is 212 g/mol. The molecule has 88 valence electrons. The van der Waals surface area contributed by atoms with E-state index in [1.54, 1.807) is 13.0 Å². The number of nitrogens with zero attached hydrogens (tertiary/aromatic N) is 1. The van der Waals surface area contributed by atoms with Gasteiger partial charge in [0.05, 0.1) is 6.54 Å². The molecular formula is C10H14N2O4. The van der Waals surface area contributed by atoms with Gasteiger partial charge in [0.2, 0.25) is 5.91 Å². The van der Waals surface area contributed by atoms with E-state index in [9.17, 15) is 9.59 Å². The van der Waals surface area contributed by atoms with Crippen molar-refractivity contribution in [2.45, 2.75) is 32.7 Å². The van der Waals surface area contributed by atoms with Crippen molar-refractivity contribution in [2.24, 2.45) is 0 Å². The molecule has 1 heterocycles. The molecule has 1 rings (SSSR count). The molecule has 16 heavy (non-hydrogen) atoms. The molecule has 0 aliphatic rings. The van der Waals surface area contributed by atoms with Crippen LogP contribution in [0.1, 0.15) is 30.7 Å². The lowest BCUT2D eigenvalue weighted by Gasteiger charge is -2.01. The van der Waals surface area contributed by atoms with Crippen molar-refractivity contribution in [3.8, 4) is 0 Å². The van der Waals surface area contributed by atoms with Crippen LogP contribution in [0.4, 0.5) is 0 Å². The van der Waals surface area contributed by atoms with Crippen LogP contribution in [0.15, 0.2) is 10.6 Å². The minimum Gasteiger partial charge on any atom is -0.481 e. The summed E-state index contributed by atoms with van der Waals surface area (Å²) in [6.07, 6.45) is 0.568. The van der Waals surface area contributed by atoms with E-state index in [0.717, 1.165) is 0 Å². The average Bonchev–Trinajstić information content (AvgIpc) is 2.61. The SMILES string of the molecule is Cc1cc(CNC(=O)CCCC(=O)O)no1. The Labute approximate surface area is 92.6 Å². The fourth-order valence-electron chi connectivity index (χ4n) is 1.18. The number of hydrogen-bond acceptors (Lipinski definition) is 4. The molecule has 0 radical (unpaired) electrons. The van der Waals surface area contributed by atoms with Crippen LogP contribution in [0.2, 0.25) is 0 Å². The maximum atomic E-state index is 11.2. The molecule has 1 aromatic heterocycles. The smallest absolute Gasteiger partial charge is 0.303 e. The maximum absolute atomic E-state index is 11.2. The first-order chi connectivity index (χ1) is 7.58. The summed E-state index contributed by atoms with van der Waals surface area (Å²) in [5.74, 6) is -0.378. The minimum atomic E-state index is -0.889. The van der Waals surface area contributed by atoms with E-state index in [1.165, 1.54) is 0 Å². The lowest BCUT2D eigenvalue weighted by molar-refractivity contribution is -0.137. The zero-order valence-electron chi connectivity index (χ0n) is 9.02. The Morgan fingerprint density at radius 2 is 2.25 bits per heavy atom. The largest absolute Gasteiger partial charge is 0.481 e. The van der Waals surface area contributed by atoms with Gasteiger partial charge in [0, 0.05) is 18.9 Å². The lowest BCUT2D eigenvalue weighted by atomic mass is 10.2. The van der Waals surface area contributed by atoms with Crippen LogP contribution in [0.3, 0.4) is 0 Å². The summed E-state index contributed by atoms with van der Waals surface area (Å²) in [7, 11) is 0. The number of carboxylic acids is 1. The quantitative estimate of drug-likeness (QED) is 0.750. The molecule has 2 N–H and O–H groups in total. The first-order valence-electron chi connectivity index (χ1n) is 4.98. The summed E-state index contributed by atoms with van der Waals surface area (Å²) >= 11 is 0. The molecule has 0 aromatic carbocycles. The molecule has 0 bridgehead atoms. The highest BCUT2D eigenvalue weighted by atomic mass is 16.5. The topological polar surface area (TPSA) is 92.4 Å². The standard InChI is InChI=1S/C10H14N2O4/c1-7-5-8(12-16-7)6-11-9(13)3-2-4-10(14)15/h5H,2-4,6H2,1H3,(H,11,13)(H,14,15). The second kappa shape index (κ2) is 5.89. The van der Waals surface area contributed by atoms with Gasteiger partial charge in [-0.3, -0.25) is 9.59 Å². The number of aryl methyl sites for hydroxylation is 1. The van der Waals surface area contributed by atoms with E-state index in [-0.39, 0.29) is 18.7 Å². The van der Waals surface area contributed by atoms with Crippen molar-refractivity contribution in [2.75, 3.05) is 0 Å². The van der Waals surface area contributed by atoms with Gasteiger partial charge < -0.3 is 14.9 Å². The Kier molecular flexibility index (Phi) is 4.50. The molecule has 0 atom stereocenters. The molecule has 0 aliphatic carbocycles. The van der Waals surface area contributed by atoms with E-state index in [4.69, 9.17) is 9.63 Å². The number of hydrogen-bond donors (Lipinski definition) is 2. The summed E-state index contributed by atoms with van der Waals surface area (Å²) in [5, 5.41) is 14.7. The Balaban J connectivity index is 2.17. The third-order valence-corrected chi connectivity index (χ3v) is 1.94. The molecule has 0 fully saturated rings. The second-order valence-corrected chi connectivity index (χ2v) is 3.45. The third kappa shape index (κ3) is 4.59. The molecule has 0 spiro atoms. The first kappa shape index (κ1) is 12.2. The number of aromatic nitrogens is 1. The van der Waals surface area contributed by atoms with E-state index < -0.39 is 5.97 Å². The van der Waals surface area contributed by atoms with Crippen molar-refractivity contribution in [1.82, 2.24) is 10.5 Å². The van der Waals surface area contributed by atoms with Crippen molar-refractivity contribution >= 4 is 11.9 Å². The number of rotatable bonds is 6. The molecule has 0 saturated heterocycles. The van der Waals surface area contributed by atoms with Gasteiger partial charge in [-0.2, -0.15) is 0 Å². The van der Waals surface area contributed by atoms with Crippen LogP contribution in [0.5, 0.6) is 0 Å². The van der Waals surface area contributed by atoms with Gasteiger partial charge in [0.15, 0.2) is 0 Å². The fourth-order valence-corrected chi connectivity index (χ4v) is 1.18. The van der Waals surface area contributed by atoms with Crippen molar-refractivity contribution < 1.29 is 19.2 Å². The Morgan fingerprint density at radius 1 is 1.50 bits per heavy atom. The summed E-state index contributed by atoms with van der Waals surface area (Å²) in [5.41, 5.74) is 0.657. The number of nitrogens with one attached hydrogen (secondary N) is 1. The summed E-state index contributed by atoms with van der Waals surface area (Å²) in [6.45, 7) is 2.08. The third-order valence-electron chi connectivity index (χ3n) is 1.94. The monoisotopic (exact) mass is 226 g/mol. The number of carbonyl (C=O) groups is 2. The number of carboxylic acid groups (broad SMARTS) is 1. The molecule has 1 aromatic rings. The highest BCUT2D eigenvalue weighted by molar-refractivity contribution is 5.76. The predicted octanol–water partition coefficient (Wildman–Crippen LogP) is 0.854. The molecule has 6 nitrogen and oxygen atoms in total. The number of carbonyl (C=O) groups excluding carboxylic acids is 1. The summed E-state index contributed by atoms with van der Waals surface area (Å²) in [6, 6.07) is 1.73. The van der Waals surface area contributed by atoms with Crippen LogP contribution < -0.4 is 5.32 Å². The summed E-state index contributed by atoms with van der Waals surface area (Å²) in [4.78, 5) is 21.5. The van der Waals surface area contributed by atoms with Crippen molar-refractivity contribution in [1.29, 1.82) is 0 Å². The van der Waals surface area contributed by atoms with E-state index in [2.05, 4.69) is 10.5 Å². The zero-order chi connectivity index (χ0) is 12.0. The molecule has 0 saturated carbocycles. The molecule has 1 amide bonds. The lowest BCUT2D eigenvalue weighted by Crippen LogP contribution is -2.22. The van der Waals surface area contributed by atoms with Gasteiger partial charge in [-0.05, 0) is 13.3 Å². The average molecular weight is 226 g/mol. The van der Waals surface area contributed by atoms with Crippen LogP contribution in [-0.2, 0) is 16.1 Å². The van der Waals surface area contributed by atoms with Crippen LogP contribution in [0.25, 0.3) is 0 Å². The van der Waals surface area contributed by atoms with Crippen LogP contribution >= 0.6 is 0 Å². The van der Waals surface area contributed by atoms with Gasteiger partial charge in [-0.1, -0.05) is 5.16 Å². The normalized spacial score (nSPS) is 10.1. The number of aliphatic carboxylic acids is 1. The van der Waals surface area contributed by atoms with Crippen LogP contribution in [0, 0.1) is 6.92 Å². The minimum absolute atomic E-state index is 0.0104. The summed E-state index contributed by atoms with van der Waals surface area (Å²) < 4.78 is 4.83. The molecule has 0 aliphatic heterocycles. The van der Waals surface area contributed by atoms with E-state index in [1.807, 2.05) is 0 Å². The van der Waals surface area contributed by atoms with Gasteiger partial charge >= 0.3 is 5.97 Å². The number of amides is 1. The zero-order valence-corrected chi connectivity index (χ0v) is 9.02. The fraction of sp³-hybridized carbons (Fsp3) is 0.500. The predicted molar refractivity (Wildman–Crippen MR) is 54.6 cm³/mol. The Hall–Kier alpha value is -1.85. The Bertz CT molecular complexity index is 373. The first-order valence-corrected chi connectivity index (χ1v) is 4.98. The van der Waals surface area contributed by atoms with Crippen LogP contribution in [-0.4, -0.2) is 22.1 Å². The molecule has 6 heteroatoms. The maximum Gasteiger partial charge on any atom is 0.303 e. The highest BCUT2D eigenvalue weighted by Gasteiger charge is 2.05. The van der Waals surface area contributed by atoms with E-state index >= 15 is 0 Å². The van der Waals surface area contributed by atoms with Crippen molar-refractivity contribution in [3.63, 3.8) is 0 Å². The van der Waals surface area contributed by atoms with Gasteiger partial charge in [0.25, 0.3) is 0 Å².